The van der Waals surface area contributed by atoms with Crippen molar-refractivity contribution < 1.29 is 33.6 Å². The second-order valence-corrected chi connectivity index (χ2v) is 6.37. The number of thiophene rings is 1. The van der Waals surface area contributed by atoms with Crippen LogP contribution in [-0.2, 0) is 19.1 Å². The number of esters is 1. The minimum atomic E-state index is -1.31. The lowest BCUT2D eigenvalue weighted by Gasteiger charge is -2.33. The van der Waals surface area contributed by atoms with Crippen LogP contribution in [0.15, 0.2) is 5.38 Å². The molecule has 0 bridgehead atoms. The molecule has 1 unspecified atom stereocenters. The van der Waals surface area contributed by atoms with Gasteiger partial charge < -0.3 is 4.74 Å². The molecule has 0 aromatic carbocycles. The fraction of sp³-hybridized carbons (Fsp3) is 0.357. The number of nitro groups is 1. The number of piperidine rings is 1. The van der Waals surface area contributed by atoms with Gasteiger partial charge in [0.05, 0.1) is 17.6 Å². The molecule has 1 atom stereocenters. The standard InChI is InChI=1S/C14H11N3O8S/c1-25-9(19)4-15-8(18)3-2-7(12(15)21)16-11(20)6-5-26-14(17(23)24)10(6)13(16)22/h5,7H,2-4H2,1H3. The van der Waals surface area contributed by atoms with Crippen LogP contribution in [0, 0.1) is 10.1 Å². The Balaban J connectivity index is 1.92. The highest BCUT2D eigenvalue weighted by atomic mass is 32.1. The monoisotopic (exact) mass is 381 g/mol. The molecule has 4 amide bonds. The largest absolute Gasteiger partial charge is 0.468 e. The third-order valence-electron chi connectivity index (χ3n) is 4.13. The molecule has 1 aromatic heterocycles. The van der Waals surface area contributed by atoms with E-state index >= 15 is 0 Å². The van der Waals surface area contributed by atoms with E-state index in [1.165, 1.54) is 5.38 Å². The Bertz CT molecular complexity index is 876. The highest BCUT2D eigenvalue weighted by Gasteiger charge is 2.50. The van der Waals surface area contributed by atoms with Crippen LogP contribution in [0.4, 0.5) is 5.00 Å². The second-order valence-electron chi connectivity index (χ2n) is 5.52. The van der Waals surface area contributed by atoms with Crippen LogP contribution < -0.4 is 0 Å². The number of hydrogen-bond acceptors (Lipinski definition) is 9. The zero-order valence-electron chi connectivity index (χ0n) is 13.3. The van der Waals surface area contributed by atoms with E-state index in [0.717, 1.165) is 7.11 Å². The number of carbonyl (C=O) groups excluding carboxylic acids is 5. The number of likely N-dealkylation sites (tertiary alicyclic amines) is 1. The Morgan fingerprint density at radius 2 is 2.04 bits per heavy atom. The van der Waals surface area contributed by atoms with Gasteiger partial charge in [-0.1, -0.05) is 11.3 Å². The first kappa shape index (κ1) is 17.7. The first-order valence-corrected chi connectivity index (χ1v) is 8.20. The maximum absolute atomic E-state index is 12.6. The van der Waals surface area contributed by atoms with E-state index in [4.69, 9.17) is 0 Å². The number of imide groups is 2. The van der Waals surface area contributed by atoms with Gasteiger partial charge >= 0.3 is 11.0 Å². The fourth-order valence-corrected chi connectivity index (χ4v) is 3.74. The molecule has 136 valence electrons. The van der Waals surface area contributed by atoms with E-state index in [0.29, 0.717) is 21.1 Å². The molecule has 1 saturated heterocycles. The Labute approximate surface area is 149 Å². The van der Waals surface area contributed by atoms with Gasteiger partial charge in [0.25, 0.3) is 17.7 Å². The van der Waals surface area contributed by atoms with Crippen LogP contribution >= 0.6 is 11.3 Å². The number of carbonyl (C=O) groups is 5. The summed E-state index contributed by atoms with van der Waals surface area (Å²) in [6.45, 7) is -0.637. The van der Waals surface area contributed by atoms with Gasteiger partial charge in [-0.3, -0.25) is 43.9 Å². The first-order valence-electron chi connectivity index (χ1n) is 7.32. The number of ether oxygens (including phenoxy) is 1. The number of nitrogens with zero attached hydrogens (tertiary/aromatic N) is 3. The van der Waals surface area contributed by atoms with E-state index in [1.54, 1.807) is 0 Å². The zero-order valence-corrected chi connectivity index (χ0v) is 14.1. The fourth-order valence-electron chi connectivity index (χ4n) is 2.89. The van der Waals surface area contributed by atoms with Gasteiger partial charge in [-0.2, -0.15) is 0 Å². The van der Waals surface area contributed by atoms with Crippen molar-refractivity contribution >= 4 is 45.9 Å². The minimum Gasteiger partial charge on any atom is -0.468 e. The second kappa shape index (κ2) is 6.29. The van der Waals surface area contributed by atoms with Crippen LogP contribution in [0.25, 0.3) is 0 Å². The van der Waals surface area contributed by atoms with Crippen LogP contribution in [0.3, 0.4) is 0 Å². The summed E-state index contributed by atoms with van der Waals surface area (Å²) in [4.78, 5) is 72.5. The molecule has 0 spiro atoms. The number of fused-ring (bicyclic) bond motifs is 1. The molecule has 11 nitrogen and oxygen atoms in total. The van der Waals surface area contributed by atoms with Gasteiger partial charge in [0.15, 0.2) is 0 Å². The van der Waals surface area contributed by atoms with Crippen LogP contribution in [0.1, 0.15) is 33.6 Å². The number of methoxy groups -OCH3 is 1. The van der Waals surface area contributed by atoms with Crippen molar-refractivity contribution in [1.29, 1.82) is 0 Å². The third-order valence-corrected chi connectivity index (χ3v) is 5.06. The highest BCUT2D eigenvalue weighted by molar-refractivity contribution is 7.14. The maximum Gasteiger partial charge on any atom is 0.337 e. The predicted octanol–water partition coefficient (Wildman–Crippen LogP) is -0.0571. The van der Waals surface area contributed by atoms with Crippen molar-refractivity contribution in [3.63, 3.8) is 0 Å². The molecule has 26 heavy (non-hydrogen) atoms. The average molecular weight is 381 g/mol. The molecule has 3 rings (SSSR count). The average Bonchev–Trinajstić information content (AvgIpc) is 3.13. The topological polar surface area (TPSA) is 144 Å². The molecule has 1 fully saturated rings. The molecule has 1 aromatic rings. The van der Waals surface area contributed by atoms with Crippen molar-refractivity contribution in [2.75, 3.05) is 13.7 Å². The smallest absolute Gasteiger partial charge is 0.337 e. The molecule has 0 radical (unpaired) electrons. The van der Waals surface area contributed by atoms with Crippen molar-refractivity contribution in [3.8, 4) is 0 Å². The van der Waals surface area contributed by atoms with Crippen LogP contribution in [0.5, 0.6) is 0 Å². The van der Waals surface area contributed by atoms with E-state index in [-0.39, 0.29) is 24.0 Å². The van der Waals surface area contributed by atoms with Gasteiger partial charge in [0, 0.05) is 11.8 Å². The van der Waals surface area contributed by atoms with Crippen LogP contribution in [-0.4, -0.2) is 64.0 Å². The Hall–Kier alpha value is -3.15. The lowest BCUT2D eigenvalue weighted by Crippen LogP contribution is -2.57. The summed E-state index contributed by atoms with van der Waals surface area (Å²) in [5.74, 6) is -4.15. The summed E-state index contributed by atoms with van der Waals surface area (Å²) in [7, 11) is 1.09. The Morgan fingerprint density at radius 3 is 2.65 bits per heavy atom. The van der Waals surface area contributed by atoms with Crippen molar-refractivity contribution in [1.82, 2.24) is 9.80 Å². The molecular weight excluding hydrogens is 370 g/mol. The van der Waals surface area contributed by atoms with E-state index in [2.05, 4.69) is 4.74 Å². The zero-order chi connectivity index (χ0) is 19.2. The van der Waals surface area contributed by atoms with Gasteiger partial charge in [-0.15, -0.1) is 0 Å². The quantitative estimate of drug-likeness (QED) is 0.305. The SMILES string of the molecule is COC(=O)CN1C(=O)CCC(N2C(=O)c3csc([N+](=O)[O-])c3C2=O)C1=O. The summed E-state index contributed by atoms with van der Waals surface area (Å²) >= 11 is 0.651. The van der Waals surface area contributed by atoms with E-state index in [1.807, 2.05) is 0 Å². The lowest BCUT2D eigenvalue weighted by atomic mass is 10.0. The lowest BCUT2D eigenvalue weighted by molar-refractivity contribution is -0.380. The summed E-state index contributed by atoms with van der Waals surface area (Å²) in [5, 5.41) is 11.7. The van der Waals surface area contributed by atoms with Crippen molar-refractivity contribution in [3.05, 3.63) is 26.6 Å². The Morgan fingerprint density at radius 1 is 1.35 bits per heavy atom. The molecular formula is C14H11N3O8S. The van der Waals surface area contributed by atoms with Gasteiger partial charge in [0.1, 0.15) is 18.2 Å². The molecule has 2 aliphatic heterocycles. The number of amides is 4. The molecule has 2 aliphatic rings. The third kappa shape index (κ3) is 2.54. The first-order chi connectivity index (χ1) is 12.3. The number of rotatable bonds is 4. The summed E-state index contributed by atoms with van der Waals surface area (Å²) in [6, 6.07) is -1.31. The van der Waals surface area contributed by atoms with Gasteiger partial charge in [0.2, 0.25) is 5.91 Å². The minimum absolute atomic E-state index is 0.117. The molecule has 0 saturated carbocycles. The van der Waals surface area contributed by atoms with Crippen molar-refractivity contribution in [2.45, 2.75) is 18.9 Å². The maximum atomic E-state index is 12.6. The summed E-state index contributed by atoms with van der Waals surface area (Å²) < 4.78 is 4.43. The van der Waals surface area contributed by atoms with E-state index < -0.39 is 52.1 Å². The normalized spacial score (nSPS) is 19.8. The molecule has 12 heteroatoms. The Kier molecular flexibility index (Phi) is 4.28. The predicted molar refractivity (Wildman–Crippen MR) is 83.2 cm³/mol. The van der Waals surface area contributed by atoms with E-state index in [9.17, 15) is 34.1 Å². The molecule has 0 N–H and O–H groups in total. The van der Waals surface area contributed by atoms with Gasteiger partial charge in [-0.05, 0) is 6.42 Å². The molecule has 3 heterocycles. The highest BCUT2D eigenvalue weighted by Crippen LogP contribution is 2.38. The van der Waals surface area contributed by atoms with Gasteiger partial charge in [-0.25, -0.2) is 0 Å². The summed E-state index contributed by atoms with van der Waals surface area (Å²) in [5.41, 5.74) is -0.495. The summed E-state index contributed by atoms with van der Waals surface area (Å²) in [6.07, 6.45) is -0.284. The molecule has 0 aliphatic carbocycles. The van der Waals surface area contributed by atoms with Crippen LogP contribution in [0.2, 0.25) is 0 Å². The number of hydrogen-bond donors (Lipinski definition) is 0. The van der Waals surface area contributed by atoms with Crippen molar-refractivity contribution in [2.24, 2.45) is 0 Å².